The minimum absolute atomic E-state index is 0.0310. The summed E-state index contributed by atoms with van der Waals surface area (Å²) in [6.07, 6.45) is 101. The normalized spacial score (nSPS) is 13.6. The van der Waals surface area contributed by atoms with Gasteiger partial charge in [-0.1, -0.05) is 355 Å². The van der Waals surface area contributed by atoms with E-state index in [2.05, 4.69) is 111 Å². The fraction of sp³-hybridized carbons (Fsp3) is 0.780. The first-order valence-corrected chi connectivity index (χ1v) is 40.4. The summed E-state index contributed by atoms with van der Waals surface area (Å²) in [5.74, 6) is -0.819. The van der Waals surface area contributed by atoms with Gasteiger partial charge in [0.2, 0.25) is 0 Å². The number of likely N-dealkylation sites (N-methyl/N-ethyl adjacent to an activating group) is 1. The molecule has 0 aromatic heterocycles. The molecule has 2 unspecified atom stereocenters. The molecule has 0 aliphatic heterocycles. The molecule has 9 nitrogen and oxygen atoms in total. The van der Waals surface area contributed by atoms with E-state index in [4.69, 9.17) is 18.5 Å². The van der Waals surface area contributed by atoms with Gasteiger partial charge in [-0.25, -0.2) is 0 Å². The average Bonchev–Trinajstić information content (AvgIpc) is 2.23. The predicted octanol–water partition coefficient (Wildman–Crippen LogP) is 25.2. The van der Waals surface area contributed by atoms with Crippen molar-refractivity contribution in [2.24, 2.45) is 0 Å². The maximum Gasteiger partial charge on any atom is 0.306 e. The highest BCUT2D eigenvalue weighted by Gasteiger charge is 2.22. The largest absolute Gasteiger partial charge is 0.756 e. The van der Waals surface area contributed by atoms with Crippen LogP contribution in [-0.4, -0.2) is 70.0 Å². The van der Waals surface area contributed by atoms with Gasteiger partial charge in [-0.05, 0) is 89.9 Å². The first kappa shape index (κ1) is 88.9. The molecule has 0 saturated carbocycles. The van der Waals surface area contributed by atoms with Crippen molar-refractivity contribution in [3.05, 3.63) is 97.2 Å². The van der Waals surface area contributed by atoms with Crippen molar-refractivity contribution >= 4 is 19.8 Å². The molecule has 0 bridgehead atoms. The number of unbranched alkanes of at least 4 members (excludes halogenated alkanes) is 42. The quantitative estimate of drug-likeness (QED) is 0.0195. The Morgan fingerprint density at radius 2 is 0.587 bits per heavy atom. The van der Waals surface area contributed by atoms with Crippen LogP contribution in [-0.2, 0) is 32.7 Å². The Balaban J connectivity index is 3.91. The molecule has 0 fully saturated rings. The lowest BCUT2D eigenvalue weighted by Crippen LogP contribution is -2.37. The molecule has 10 heteroatoms. The second-order valence-electron chi connectivity index (χ2n) is 27.3. The van der Waals surface area contributed by atoms with Crippen molar-refractivity contribution in [1.82, 2.24) is 0 Å². The predicted molar refractivity (Wildman–Crippen MR) is 397 cm³/mol. The van der Waals surface area contributed by atoms with Crippen molar-refractivity contribution in [3.63, 3.8) is 0 Å². The molecule has 0 saturated heterocycles. The third kappa shape index (κ3) is 76.0. The Kier molecular flexibility index (Phi) is 69.8. The molecule has 2 atom stereocenters. The molecule has 92 heavy (non-hydrogen) atoms. The van der Waals surface area contributed by atoms with E-state index in [0.29, 0.717) is 17.4 Å². The number of phosphoric ester groups is 1. The molecule has 0 aliphatic carbocycles. The molecule has 0 radical (unpaired) electrons. The average molecular weight is 1310 g/mol. The molecule has 0 aliphatic rings. The number of nitrogens with zero attached hydrogens (tertiary/aromatic N) is 1. The zero-order valence-corrected chi connectivity index (χ0v) is 61.9. The highest BCUT2D eigenvalue weighted by Crippen LogP contribution is 2.38. The number of carbonyl (C=O) groups excluding carboxylic acids is 2. The van der Waals surface area contributed by atoms with Crippen LogP contribution in [0.5, 0.6) is 0 Å². The first-order chi connectivity index (χ1) is 45.0. The van der Waals surface area contributed by atoms with Crippen LogP contribution in [0.1, 0.15) is 361 Å². The van der Waals surface area contributed by atoms with Gasteiger partial charge in [-0.3, -0.25) is 14.2 Å². The molecule has 0 heterocycles. The summed E-state index contributed by atoms with van der Waals surface area (Å²) in [6, 6.07) is 0. The minimum atomic E-state index is -4.65. The third-order valence-electron chi connectivity index (χ3n) is 17.1. The van der Waals surface area contributed by atoms with E-state index in [1.807, 2.05) is 21.1 Å². The van der Waals surface area contributed by atoms with Crippen LogP contribution in [0, 0.1) is 0 Å². The summed E-state index contributed by atoms with van der Waals surface area (Å²) in [6.45, 7) is 4.06. The fourth-order valence-corrected chi connectivity index (χ4v) is 12.0. The number of ether oxygens (including phenoxy) is 2. The Labute approximate surface area is 570 Å². The van der Waals surface area contributed by atoms with Crippen LogP contribution in [0.2, 0.25) is 0 Å². The first-order valence-electron chi connectivity index (χ1n) is 38.9. The van der Waals surface area contributed by atoms with Crippen LogP contribution in [0.25, 0.3) is 0 Å². The van der Waals surface area contributed by atoms with E-state index in [1.165, 1.54) is 244 Å². The maximum atomic E-state index is 12.9. The van der Waals surface area contributed by atoms with Gasteiger partial charge in [-0.15, -0.1) is 0 Å². The number of rotatable bonds is 72. The van der Waals surface area contributed by atoms with Gasteiger partial charge in [0.05, 0.1) is 27.7 Å². The minimum Gasteiger partial charge on any atom is -0.756 e. The highest BCUT2D eigenvalue weighted by atomic mass is 31.2. The van der Waals surface area contributed by atoms with Crippen LogP contribution >= 0.6 is 7.82 Å². The van der Waals surface area contributed by atoms with Gasteiger partial charge in [-0.2, -0.15) is 0 Å². The second-order valence-corrected chi connectivity index (χ2v) is 28.7. The van der Waals surface area contributed by atoms with E-state index in [0.717, 1.165) is 83.5 Å². The van der Waals surface area contributed by atoms with Crippen molar-refractivity contribution in [2.45, 2.75) is 367 Å². The molecule has 0 N–H and O–H groups in total. The topological polar surface area (TPSA) is 111 Å². The highest BCUT2D eigenvalue weighted by molar-refractivity contribution is 7.45. The lowest BCUT2D eigenvalue weighted by molar-refractivity contribution is -0.870. The van der Waals surface area contributed by atoms with Gasteiger partial charge >= 0.3 is 11.9 Å². The van der Waals surface area contributed by atoms with Crippen LogP contribution in [0.4, 0.5) is 0 Å². The lowest BCUT2D eigenvalue weighted by Gasteiger charge is -2.28. The number of hydrogen-bond acceptors (Lipinski definition) is 8. The molecule has 0 aromatic carbocycles. The number of hydrogen-bond donors (Lipinski definition) is 0. The summed E-state index contributed by atoms with van der Waals surface area (Å²) < 4.78 is 34.4. The van der Waals surface area contributed by atoms with Crippen LogP contribution in [0.15, 0.2) is 97.2 Å². The smallest absolute Gasteiger partial charge is 0.306 e. The standard InChI is InChI=1S/C82H148NO8P/c1-6-8-10-12-14-16-18-20-22-24-26-28-30-32-34-35-36-37-38-39-40-41-42-43-44-45-46-47-49-51-53-55-57-59-61-63-65-67-69-71-73-75-82(85)91-80(79-90-92(86,87)89-77-76-83(3,4)5)78-88-81(84)74-72-70-68-66-64-62-60-58-56-54-52-50-48-33-31-29-27-25-23-21-19-17-15-13-11-9-7-2/h8-11,14-17,20-23,26-29,80H,6-7,12-13,18-19,24-25,30-79H2,1-5H3/b10-8-,11-9-,16-14-,17-15-,22-20-,23-21-,28-26-,29-27-. The molecule has 0 aromatic rings. The maximum absolute atomic E-state index is 12.9. The summed E-state index contributed by atoms with van der Waals surface area (Å²) in [5, 5.41) is 0. The molecule has 534 valence electrons. The number of esters is 2. The number of phosphoric acid groups is 1. The zero-order valence-electron chi connectivity index (χ0n) is 61.0. The monoisotopic (exact) mass is 1310 g/mol. The van der Waals surface area contributed by atoms with E-state index in [-0.39, 0.29) is 32.0 Å². The van der Waals surface area contributed by atoms with Gasteiger partial charge < -0.3 is 27.9 Å². The summed E-state index contributed by atoms with van der Waals surface area (Å²) in [5.41, 5.74) is 0. The fourth-order valence-electron chi connectivity index (χ4n) is 11.2. The van der Waals surface area contributed by atoms with Crippen molar-refractivity contribution in [2.75, 3.05) is 47.5 Å². The number of quaternary nitrogens is 1. The van der Waals surface area contributed by atoms with E-state index >= 15 is 0 Å². The van der Waals surface area contributed by atoms with Gasteiger partial charge in [0.1, 0.15) is 19.8 Å². The zero-order chi connectivity index (χ0) is 66.9. The molecular formula is C82H148NO8P. The van der Waals surface area contributed by atoms with Crippen LogP contribution < -0.4 is 4.89 Å². The summed E-state index contributed by atoms with van der Waals surface area (Å²) in [7, 11) is 1.18. The number of allylic oxidation sites excluding steroid dienone is 16. The van der Waals surface area contributed by atoms with Gasteiger partial charge in [0, 0.05) is 12.8 Å². The Morgan fingerprint density at radius 1 is 0.337 bits per heavy atom. The lowest BCUT2D eigenvalue weighted by atomic mass is 10.0. The van der Waals surface area contributed by atoms with Crippen molar-refractivity contribution in [1.29, 1.82) is 0 Å². The Hall–Kier alpha value is -3.07. The van der Waals surface area contributed by atoms with E-state index < -0.39 is 26.5 Å². The van der Waals surface area contributed by atoms with Crippen LogP contribution in [0.3, 0.4) is 0 Å². The Morgan fingerprint density at radius 3 is 0.870 bits per heavy atom. The van der Waals surface area contributed by atoms with Crippen molar-refractivity contribution < 1.29 is 42.1 Å². The SMILES string of the molecule is CC/C=C\C/C=C\C/C=C\C/C=C\CCCCCCCCCCCCCCCCCCCCCCCCCCCCCCC(=O)OC(COC(=O)CCCCCCCCCCCCCCCC/C=C\C/C=C\C/C=C\C/C=C\CC)COP(=O)([O-])OCC[N+](C)(C)C. The molecule has 0 amide bonds. The second kappa shape index (κ2) is 72.2. The van der Waals surface area contributed by atoms with E-state index in [9.17, 15) is 19.0 Å². The third-order valence-corrected chi connectivity index (χ3v) is 18.1. The number of carbonyl (C=O) groups is 2. The van der Waals surface area contributed by atoms with E-state index in [1.54, 1.807) is 0 Å². The van der Waals surface area contributed by atoms with Gasteiger partial charge in [0.15, 0.2) is 6.10 Å². The van der Waals surface area contributed by atoms with Gasteiger partial charge in [0.25, 0.3) is 7.82 Å². The molecule has 0 spiro atoms. The summed E-state index contributed by atoms with van der Waals surface area (Å²) in [4.78, 5) is 38.1. The Bertz CT molecular complexity index is 1880. The van der Waals surface area contributed by atoms with Crippen molar-refractivity contribution in [3.8, 4) is 0 Å². The molecule has 0 rings (SSSR count). The molecular weight excluding hydrogens is 1160 g/mol. The summed E-state index contributed by atoms with van der Waals surface area (Å²) >= 11 is 0.